The van der Waals surface area contributed by atoms with Crippen molar-refractivity contribution >= 4 is 33.8 Å². The van der Waals surface area contributed by atoms with Crippen LogP contribution in [0.15, 0.2) is 59.1 Å². The maximum Gasteiger partial charge on any atom is 0.251 e. The summed E-state index contributed by atoms with van der Waals surface area (Å²) in [5.74, 6) is -0.164. The molecule has 0 aliphatic heterocycles. The fourth-order valence-corrected chi connectivity index (χ4v) is 2.99. The van der Waals surface area contributed by atoms with Gasteiger partial charge in [0.1, 0.15) is 0 Å². The van der Waals surface area contributed by atoms with E-state index in [-0.39, 0.29) is 17.9 Å². The Bertz CT molecular complexity index is 824. The second-order valence-electron chi connectivity index (χ2n) is 6.94. The monoisotopic (exact) mass is 426 g/mol. The van der Waals surface area contributed by atoms with Crippen molar-refractivity contribution in [1.29, 1.82) is 0 Å². The molecule has 4 nitrogen and oxygen atoms in total. The summed E-state index contributed by atoms with van der Waals surface area (Å²) in [5, 5.41) is 5.93. The van der Waals surface area contributed by atoms with E-state index in [0.29, 0.717) is 11.6 Å². The molecule has 1 unspecified atom stereocenters. The standard InChI is InChI=1S/C22H23BrN2O2/c1-15(14-17-4-9-19(23)10-5-17)24-21(26)13-6-16-2-7-18(8-3-16)22(27)25-20-11-12-20/h2-10,13,15,20H,11-12,14H2,1H3,(H,24,26)(H,25,27)/b13-6+. The smallest absolute Gasteiger partial charge is 0.251 e. The van der Waals surface area contributed by atoms with Crippen LogP contribution in [0.1, 0.15) is 41.3 Å². The summed E-state index contributed by atoms with van der Waals surface area (Å²) >= 11 is 3.42. The molecule has 2 aromatic rings. The fraction of sp³-hybridized carbons (Fsp3) is 0.273. The second kappa shape index (κ2) is 9.00. The predicted octanol–water partition coefficient (Wildman–Crippen LogP) is 4.10. The van der Waals surface area contributed by atoms with E-state index in [1.165, 1.54) is 11.6 Å². The van der Waals surface area contributed by atoms with Crippen molar-refractivity contribution in [2.45, 2.75) is 38.3 Å². The zero-order valence-electron chi connectivity index (χ0n) is 15.2. The third kappa shape index (κ3) is 6.36. The third-order valence-corrected chi connectivity index (χ3v) is 4.89. The molecule has 1 aliphatic rings. The number of rotatable bonds is 7. The van der Waals surface area contributed by atoms with Crippen LogP contribution in [0.2, 0.25) is 0 Å². The molecule has 0 saturated heterocycles. The van der Waals surface area contributed by atoms with Crippen LogP contribution >= 0.6 is 15.9 Å². The Morgan fingerprint density at radius 1 is 1.11 bits per heavy atom. The lowest BCUT2D eigenvalue weighted by atomic mass is 10.1. The molecule has 0 radical (unpaired) electrons. The molecular weight excluding hydrogens is 404 g/mol. The minimum Gasteiger partial charge on any atom is -0.350 e. The summed E-state index contributed by atoms with van der Waals surface area (Å²) < 4.78 is 1.04. The van der Waals surface area contributed by atoms with Gasteiger partial charge in [-0.15, -0.1) is 0 Å². The Morgan fingerprint density at radius 3 is 2.41 bits per heavy atom. The van der Waals surface area contributed by atoms with Gasteiger partial charge in [-0.05, 0) is 67.7 Å². The zero-order chi connectivity index (χ0) is 19.2. The van der Waals surface area contributed by atoms with E-state index in [9.17, 15) is 9.59 Å². The van der Waals surface area contributed by atoms with Crippen LogP contribution in [-0.2, 0) is 11.2 Å². The molecule has 27 heavy (non-hydrogen) atoms. The second-order valence-corrected chi connectivity index (χ2v) is 7.86. The number of nitrogens with one attached hydrogen (secondary N) is 2. The van der Waals surface area contributed by atoms with Gasteiger partial charge >= 0.3 is 0 Å². The van der Waals surface area contributed by atoms with Crippen molar-refractivity contribution < 1.29 is 9.59 Å². The Balaban J connectivity index is 1.48. The molecule has 0 heterocycles. The average molecular weight is 427 g/mol. The maximum atomic E-state index is 12.1. The molecule has 0 aromatic heterocycles. The number of amides is 2. The highest BCUT2D eigenvalue weighted by molar-refractivity contribution is 9.10. The van der Waals surface area contributed by atoms with E-state index in [1.54, 1.807) is 18.2 Å². The molecule has 0 bridgehead atoms. The van der Waals surface area contributed by atoms with Crippen molar-refractivity contribution in [1.82, 2.24) is 10.6 Å². The number of hydrogen-bond donors (Lipinski definition) is 2. The molecular formula is C22H23BrN2O2. The first kappa shape index (κ1) is 19.4. The molecule has 2 amide bonds. The van der Waals surface area contributed by atoms with Gasteiger partial charge < -0.3 is 10.6 Å². The molecule has 140 valence electrons. The largest absolute Gasteiger partial charge is 0.350 e. The van der Waals surface area contributed by atoms with Gasteiger partial charge in [-0.1, -0.05) is 40.2 Å². The highest BCUT2D eigenvalue weighted by Gasteiger charge is 2.23. The normalized spacial score (nSPS) is 14.7. The summed E-state index contributed by atoms with van der Waals surface area (Å²) in [7, 11) is 0. The molecule has 2 aromatic carbocycles. The lowest BCUT2D eigenvalue weighted by Gasteiger charge is -2.12. The van der Waals surface area contributed by atoms with Crippen LogP contribution in [0.4, 0.5) is 0 Å². The van der Waals surface area contributed by atoms with Gasteiger partial charge in [0.15, 0.2) is 0 Å². The molecule has 1 aliphatic carbocycles. The van der Waals surface area contributed by atoms with E-state index in [1.807, 2.05) is 43.3 Å². The Labute approximate surface area is 168 Å². The molecule has 3 rings (SSSR count). The van der Waals surface area contributed by atoms with Crippen LogP contribution in [0.25, 0.3) is 6.08 Å². The first-order chi connectivity index (χ1) is 13.0. The summed E-state index contributed by atoms with van der Waals surface area (Å²) in [5.41, 5.74) is 2.70. The summed E-state index contributed by atoms with van der Waals surface area (Å²) in [6.45, 7) is 1.99. The number of carbonyl (C=O) groups excluding carboxylic acids is 2. The number of carbonyl (C=O) groups is 2. The molecule has 1 fully saturated rings. The first-order valence-electron chi connectivity index (χ1n) is 9.13. The molecule has 5 heteroatoms. The fourth-order valence-electron chi connectivity index (χ4n) is 2.73. The van der Waals surface area contributed by atoms with Crippen molar-refractivity contribution in [2.24, 2.45) is 0 Å². The van der Waals surface area contributed by atoms with Crippen LogP contribution in [0, 0.1) is 0 Å². The van der Waals surface area contributed by atoms with Crippen LogP contribution in [0.5, 0.6) is 0 Å². The van der Waals surface area contributed by atoms with E-state index in [4.69, 9.17) is 0 Å². The van der Waals surface area contributed by atoms with E-state index < -0.39 is 0 Å². The van der Waals surface area contributed by atoms with Crippen molar-refractivity contribution in [2.75, 3.05) is 0 Å². The van der Waals surface area contributed by atoms with Gasteiger partial charge in [0.05, 0.1) is 0 Å². The van der Waals surface area contributed by atoms with Crippen LogP contribution in [-0.4, -0.2) is 23.9 Å². The Kier molecular flexibility index (Phi) is 6.45. The van der Waals surface area contributed by atoms with E-state index in [2.05, 4.69) is 26.6 Å². The Hall–Kier alpha value is -2.40. The maximum absolute atomic E-state index is 12.1. The van der Waals surface area contributed by atoms with Gasteiger partial charge in [-0.2, -0.15) is 0 Å². The van der Waals surface area contributed by atoms with Crippen molar-refractivity contribution in [3.8, 4) is 0 Å². The first-order valence-corrected chi connectivity index (χ1v) is 9.93. The minimum absolute atomic E-state index is 0.0347. The van der Waals surface area contributed by atoms with Gasteiger partial charge in [-0.3, -0.25) is 9.59 Å². The zero-order valence-corrected chi connectivity index (χ0v) is 16.8. The third-order valence-electron chi connectivity index (χ3n) is 4.36. The highest BCUT2D eigenvalue weighted by Crippen LogP contribution is 2.19. The summed E-state index contributed by atoms with van der Waals surface area (Å²) in [4.78, 5) is 24.1. The molecule has 0 spiro atoms. The Morgan fingerprint density at radius 2 is 1.78 bits per heavy atom. The van der Waals surface area contributed by atoms with Gasteiger partial charge in [0.25, 0.3) is 5.91 Å². The molecule has 1 atom stereocenters. The lowest BCUT2D eigenvalue weighted by Crippen LogP contribution is -2.32. The van der Waals surface area contributed by atoms with Crippen LogP contribution < -0.4 is 10.6 Å². The van der Waals surface area contributed by atoms with Crippen molar-refractivity contribution in [3.63, 3.8) is 0 Å². The van der Waals surface area contributed by atoms with Gasteiger partial charge in [-0.25, -0.2) is 0 Å². The molecule has 1 saturated carbocycles. The quantitative estimate of drug-likeness (QED) is 0.654. The van der Waals surface area contributed by atoms with Crippen LogP contribution in [0.3, 0.4) is 0 Å². The summed E-state index contributed by atoms with van der Waals surface area (Å²) in [6, 6.07) is 15.7. The number of halogens is 1. The van der Waals surface area contributed by atoms with Gasteiger partial charge in [0, 0.05) is 28.2 Å². The highest BCUT2D eigenvalue weighted by atomic mass is 79.9. The SMILES string of the molecule is CC(Cc1ccc(Br)cc1)NC(=O)/C=C/c1ccc(C(=O)NC2CC2)cc1. The number of benzene rings is 2. The topological polar surface area (TPSA) is 58.2 Å². The average Bonchev–Trinajstić information content (AvgIpc) is 3.46. The number of hydrogen-bond acceptors (Lipinski definition) is 2. The summed E-state index contributed by atoms with van der Waals surface area (Å²) in [6.07, 6.45) is 6.20. The van der Waals surface area contributed by atoms with Gasteiger partial charge in [0.2, 0.25) is 5.91 Å². The minimum atomic E-state index is -0.129. The van der Waals surface area contributed by atoms with E-state index in [0.717, 1.165) is 29.3 Å². The van der Waals surface area contributed by atoms with Crippen molar-refractivity contribution in [3.05, 3.63) is 75.8 Å². The lowest BCUT2D eigenvalue weighted by molar-refractivity contribution is -0.117. The molecule has 2 N–H and O–H groups in total. The predicted molar refractivity (Wildman–Crippen MR) is 111 cm³/mol. The van der Waals surface area contributed by atoms with E-state index >= 15 is 0 Å².